The summed E-state index contributed by atoms with van der Waals surface area (Å²) in [6.07, 6.45) is 15.6. The maximum atomic E-state index is 13.8. The number of ketones is 1. The lowest BCUT2D eigenvalue weighted by Gasteiger charge is -2.58. The summed E-state index contributed by atoms with van der Waals surface area (Å²) in [7, 11) is 0. The summed E-state index contributed by atoms with van der Waals surface area (Å²) in [6, 6.07) is 0. The Morgan fingerprint density at radius 3 is 2.36 bits per heavy atom. The van der Waals surface area contributed by atoms with E-state index in [1.165, 1.54) is 31.4 Å². The van der Waals surface area contributed by atoms with Crippen molar-refractivity contribution in [2.75, 3.05) is 6.54 Å². The van der Waals surface area contributed by atoms with E-state index in [1.807, 2.05) is 6.08 Å². The van der Waals surface area contributed by atoms with Crippen molar-refractivity contribution in [2.45, 2.75) is 96.5 Å². The minimum absolute atomic E-state index is 0.0737. The van der Waals surface area contributed by atoms with Crippen LogP contribution in [0.4, 0.5) is 0 Å². The number of esters is 1. The van der Waals surface area contributed by atoms with Crippen LogP contribution in [0, 0.1) is 52.3 Å². The summed E-state index contributed by atoms with van der Waals surface area (Å²) in [4.78, 5) is 25.9. The van der Waals surface area contributed by atoms with Crippen molar-refractivity contribution in [1.29, 1.82) is 0 Å². The molecule has 33 heavy (non-hydrogen) atoms. The van der Waals surface area contributed by atoms with E-state index in [2.05, 4.69) is 19.2 Å². The maximum Gasteiger partial charge on any atom is 0.310 e. The van der Waals surface area contributed by atoms with Crippen LogP contribution in [0.2, 0.25) is 0 Å². The van der Waals surface area contributed by atoms with Crippen molar-refractivity contribution in [2.24, 2.45) is 52.3 Å². The lowest BCUT2D eigenvalue weighted by atomic mass is 9.50. The molecular formula is C29H41NO3. The minimum atomic E-state index is -0.119. The summed E-state index contributed by atoms with van der Waals surface area (Å²) in [5.41, 5.74) is 1.26. The molecule has 4 bridgehead atoms. The molecule has 6 atom stereocenters. The molecule has 0 aromatic carbocycles. The van der Waals surface area contributed by atoms with Crippen LogP contribution in [0.25, 0.3) is 0 Å². The van der Waals surface area contributed by atoms with Gasteiger partial charge in [0.1, 0.15) is 5.60 Å². The van der Waals surface area contributed by atoms with E-state index in [4.69, 9.17) is 4.74 Å². The lowest BCUT2D eigenvalue weighted by molar-refractivity contribution is -0.196. The van der Waals surface area contributed by atoms with Crippen molar-refractivity contribution in [3.05, 3.63) is 11.8 Å². The molecule has 1 saturated heterocycles. The van der Waals surface area contributed by atoms with Gasteiger partial charge in [-0.15, -0.1) is 0 Å². The molecule has 1 N–H and O–H groups in total. The summed E-state index contributed by atoms with van der Waals surface area (Å²) in [5, 5.41) is 3.69. The smallest absolute Gasteiger partial charge is 0.310 e. The molecular weight excluding hydrogens is 410 g/mol. The Kier molecular flexibility index (Phi) is 4.38. The SMILES string of the molecule is C[C@]12CC[C@H]3[C@@H](CNC4=CC(=O)CC[C@@]43C)[C@@H]1CC[C@@H]2C(=O)OC12CC3CC(CC(C3)C1)C2. The second-order valence-electron chi connectivity index (χ2n) is 13.9. The van der Waals surface area contributed by atoms with Gasteiger partial charge in [-0.2, -0.15) is 0 Å². The highest BCUT2D eigenvalue weighted by molar-refractivity contribution is 5.91. The molecule has 7 fully saturated rings. The van der Waals surface area contributed by atoms with E-state index in [0.29, 0.717) is 24.2 Å². The minimum Gasteiger partial charge on any atom is -0.459 e. The Labute approximate surface area is 198 Å². The third-order valence-corrected chi connectivity index (χ3v) is 12.2. The fraction of sp³-hybridized carbons (Fsp3) is 0.862. The van der Waals surface area contributed by atoms with Crippen LogP contribution < -0.4 is 5.32 Å². The van der Waals surface area contributed by atoms with Crippen LogP contribution >= 0.6 is 0 Å². The van der Waals surface area contributed by atoms with Crippen molar-refractivity contribution in [1.82, 2.24) is 5.32 Å². The Bertz CT molecular complexity index is 887. The van der Waals surface area contributed by atoms with Gasteiger partial charge in [0.05, 0.1) is 5.92 Å². The molecule has 0 spiro atoms. The largest absolute Gasteiger partial charge is 0.459 e. The van der Waals surface area contributed by atoms with Gasteiger partial charge in [-0.1, -0.05) is 13.8 Å². The van der Waals surface area contributed by atoms with Crippen LogP contribution in [0.15, 0.2) is 11.8 Å². The van der Waals surface area contributed by atoms with Gasteiger partial charge in [-0.25, -0.2) is 0 Å². The Balaban J connectivity index is 1.11. The normalized spacial score (nSPS) is 54.1. The lowest BCUT2D eigenvalue weighted by Crippen LogP contribution is -2.57. The van der Waals surface area contributed by atoms with E-state index >= 15 is 0 Å². The second kappa shape index (κ2) is 6.88. The Hall–Kier alpha value is -1.32. The summed E-state index contributed by atoms with van der Waals surface area (Å²) >= 11 is 0. The fourth-order valence-corrected chi connectivity index (χ4v) is 11.0. The highest BCUT2D eigenvalue weighted by Crippen LogP contribution is 2.65. The molecule has 180 valence electrons. The summed E-state index contributed by atoms with van der Waals surface area (Å²) < 4.78 is 6.60. The standard InChI is InChI=1S/C29H41NO3/c1-27-8-6-23-21(16-30-25-12-20(31)5-7-28(23,25)2)22(27)3-4-24(27)26(32)33-29-13-17-9-18(14-29)11-19(10-17)15-29/h12,17-19,21-24,30H,3-11,13-16H2,1-2H3/t17?,18?,19?,21-,22-,23-,24+,27-,28+,29?/m0/s1. The van der Waals surface area contributed by atoms with Gasteiger partial charge in [-0.3, -0.25) is 9.59 Å². The zero-order valence-corrected chi connectivity index (χ0v) is 20.5. The first-order valence-corrected chi connectivity index (χ1v) is 14.0. The van der Waals surface area contributed by atoms with Crippen molar-refractivity contribution < 1.29 is 14.3 Å². The number of hydrogen-bond acceptors (Lipinski definition) is 4. The van der Waals surface area contributed by atoms with Gasteiger partial charge in [0.25, 0.3) is 0 Å². The first-order valence-electron chi connectivity index (χ1n) is 14.0. The molecule has 8 rings (SSSR count). The Morgan fingerprint density at radius 2 is 1.67 bits per heavy atom. The third kappa shape index (κ3) is 2.94. The third-order valence-electron chi connectivity index (χ3n) is 12.2. The van der Waals surface area contributed by atoms with E-state index in [1.54, 1.807) is 0 Å². The average Bonchev–Trinajstić information content (AvgIpc) is 3.10. The van der Waals surface area contributed by atoms with Gasteiger partial charge >= 0.3 is 5.97 Å². The molecule has 1 aliphatic heterocycles. The van der Waals surface area contributed by atoms with Crippen molar-refractivity contribution in [3.8, 4) is 0 Å². The highest BCUT2D eigenvalue weighted by Gasteiger charge is 2.62. The number of piperidine rings is 1. The van der Waals surface area contributed by atoms with Crippen LogP contribution in [0.3, 0.4) is 0 Å². The predicted molar refractivity (Wildman–Crippen MR) is 126 cm³/mol. The number of hydrogen-bond donors (Lipinski definition) is 1. The van der Waals surface area contributed by atoms with Crippen molar-refractivity contribution in [3.63, 3.8) is 0 Å². The number of allylic oxidation sites excluding steroid dienone is 2. The molecule has 8 aliphatic rings. The zero-order chi connectivity index (χ0) is 22.6. The van der Waals surface area contributed by atoms with Gasteiger partial charge in [0, 0.05) is 30.2 Å². The van der Waals surface area contributed by atoms with E-state index in [0.717, 1.165) is 69.2 Å². The highest BCUT2D eigenvalue weighted by atomic mass is 16.6. The molecule has 0 amide bonds. The summed E-state index contributed by atoms with van der Waals surface area (Å²) in [5.74, 6) is 4.77. The van der Waals surface area contributed by atoms with Gasteiger partial charge in [0.2, 0.25) is 0 Å². The molecule has 0 aromatic heterocycles. The van der Waals surface area contributed by atoms with Gasteiger partial charge in [-0.05, 0) is 112 Å². The van der Waals surface area contributed by atoms with Crippen LogP contribution in [-0.2, 0) is 14.3 Å². The number of carbonyl (C=O) groups is 2. The number of ether oxygens (including phenoxy) is 1. The molecule has 4 heteroatoms. The first kappa shape index (κ1) is 21.0. The van der Waals surface area contributed by atoms with Crippen LogP contribution in [-0.4, -0.2) is 23.9 Å². The molecule has 7 aliphatic carbocycles. The molecule has 6 saturated carbocycles. The number of fused-ring (bicyclic) bond motifs is 5. The summed E-state index contributed by atoms with van der Waals surface area (Å²) in [6.45, 7) is 5.78. The molecule has 1 heterocycles. The maximum absolute atomic E-state index is 13.8. The number of nitrogens with one attached hydrogen (secondary N) is 1. The molecule has 0 unspecified atom stereocenters. The monoisotopic (exact) mass is 451 g/mol. The van der Waals surface area contributed by atoms with Gasteiger partial charge in [0.15, 0.2) is 5.78 Å². The van der Waals surface area contributed by atoms with Crippen LogP contribution in [0.5, 0.6) is 0 Å². The molecule has 0 aromatic rings. The number of carbonyl (C=O) groups excluding carboxylic acids is 2. The average molecular weight is 452 g/mol. The zero-order valence-electron chi connectivity index (χ0n) is 20.5. The predicted octanol–water partition coefficient (Wildman–Crippen LogP) is 5.41. The first-order chi connectivity index (χ1) is 15.8. The van der Waals surface area contributed by atoms with Crippen LogP contribution in [0.1, 0.15) is 90.9 Å². The van der Waals surface area contributed by atoms with Crippen molar-refractivity contribution >= 4 is 11.8 Å². The fourth-order valence-electron chi connectivity index (χ4n) is 11.0. The quantitative estimate of drug-likeness (QED) is 0.570. The Morgan fingerprint density at radius 1 is 0.970 bits per heavy atom. The van der Waals surface area contributed by atoms with E-state index in [-0.39, 0.29) is 34.1 Å². The molecule has 4 nitrogen and oxygen atoms in total. The van der Waals surface area contributed by atoms with E-state index in [9.17, 15) is 9.59 Å². The second-order valence-corrected chi connectivity index (χ2v) is 13.9. The topological polar surface area (TPSA) is 55.4 Å². The van der Waals surface area contributed by atoms with Gasteiger partial charge < -0.3 is 10.1 Å². The van der Waals surface area contributed by atoms with E-state index < -0.39 is 0 Å². The number of rotatable bonds is 2. The molecule has 0 radical (unpaired) electrons.